The fourth-order valence-corrected chi connectivity index (χ4v) is 3.17. The van der Waals surface area contributed by atoms with Crippen molar-refractivity contribution in [2.45, 2.75) is 37.0 Å². The van der Waals surface area contributed by atoms with Gasteiger partial charge in [0.2, 0.25) is 0 Å². The zero-order chi connectivity index (χ0) is 12.1. The summed E-state index contributed by atoms with van der Waals surface area (Å²) in [6.45, 7) is 0. The molecule has 0 unspecified atom stereocenters. The molecular weight excluding hydrogens is 235 g/mol. The summed E-state index contributed by atoms with van der Waals surface area (Å²) in [5.74, 6) is 0.831. The molecule has 0 heterocycles. The Bertz CT molecular complexity index is 386. The second-order valence-corrected chi connectivity index (χ2v) is 5.60. The molecule has 1 aliphatic rings. The normalized spacial score (nSPS) is 17.0. The van der Waals surface area contributed by atoms with Crippen molar-refractivity contribution in [2.24, 2.45) is 5.92 Å². The van der Waals surface area contributed by atoms with Gasteiger partial charge in [0, 0.05) is 10.8 Å². The molecule has 0 radical (unpaired) electrons. The lowest BCUT2D eigenvalue weighted by Gasteiger charge is -2.19. The summed E-state index contributed by atoms with van der Waals surface area (Å²) in [7, 11) is 0. The zero-order valence-corrected chi connectivity index (χ0v) is 10.6. The third-order valence-corrected chi connectivity index (χ3v) is 4.25. The van der Waals surface area contributed by atoms with Crippen molar-refractivity contribution in [1.29, 1.82) is 0 Å². The predicted octanol–water partition coefficient (Wildman–Crippen LogP) is 4.07. The van der Waals surface area contributed by atoms with Crippen molar-refractivity contribution in [3.8, 4) is 0 Å². The van der Waals surface area contributed by atoms with Gasteiger partial charge in [-0.1, -0.05) is 25.3 Å². The Morgan fingerprint density at radius 2 is 2.06 bits per heavy atom. The van der Waals surface area contributed by atoms with Gasteiger partial charge in [-0.2, -0.15) is 0 Å². The predicted molar refractivity (Wildman–Crippen MR) is 68.7 cm³/mol. The van der Waals surface area contributed by atoms with Crippen LogP contribution in [0.2, 0.25) is 0 Å². The Labute approximate surface area is 106 Å². The molecular formula is C14H17FOS. The molecule has 1 aromatic carbocycles. The highest BCUT2D eigenvalue weighted by Crippen LogP contribution is 2.27. The fourth-order valence-electron chi connectivity index (χ4n) is 2.25. The molecule has 0 spiro atoms. The van der Waals surface area contributed by atoms with Gasteiger partial charge in [0.15, 0.2) is 0 Å². The topological polar surface area (TPSA) is 17.1 Å². The maximum atomic E-state index is 12.9. The first-order valence-electron chi connectivity index (χ1n) is 6.17. The quantitative estimate of drug-likeness (QED) is 0.751. The molecule has 3 heteroatoms. The average Bonchev–Trinajstić information content (AvgIpc) is 2.37. The van der Waals surface area contributed by atoms with Gasteiger partial charge in [0.05, 0.1) is 5.75 Å². The van der Waals surface area contributed by atoms with Crippen LogP contribution in [0.15, 0.2) is 29.2 Å². The smallest absolute Gasteiger partial charge is 0.146 e. The molecule has 1 saturated carbocycles. The van der Waals surface area contributed by atoms with Crippen LogP contribution in [0, 0.1) is 11.7 Å². The molecule has 0 atom stereocenters. The number of ketones is 1. The van der Waals surface area contributed by atoms with Crippen LogP contribution in [0.3, 0.4) is 0 Å². The summed E-state index contributed by atoms with van der Waals surface area (Å²) in [4.78, 5) is 12.8. The van der Waals surface area contributed by atoms with E-state index in [9.17, 15) is 9.18 Å². The lowest BCUT2D eigenvalue weighted by atomic mass is 9.87. The highest BCUT2D eigenvalue weighted by molar-refractivity contribution is 8.00. The van der Waals surface area contributed by atoms with Crippen LogP contribution in [0.1, 0.15) is 32.1 Å². The van der Waals surface area contributed by atoms with E-state index >= 15 is 0 Å². The summed E-state index contributed by atoms with van der Waals surface area (Å²) < 4.78 is 12.9. The van der Waals surface area contributed by atoms with Crippen LogP contribution < -0.4 is 0 Å². The first kappa shape index (κ1) is 12.6. The molecule has 0 aromatic heterocycles. The molecule has 0 amide bonds. The summed E-state index contributed by atoms with van der Waals surface area (Å²) >= 11 is 1.45. The molecule has 0 aliphatic heterocycles. The van der Waals surface area contributed by atoms with Gasteiger partial charge in [-0.25, -0.2) is 4.39 Å². The molecule has 17 heavy (non-hydrogen) atoms. The maximum absolute atomic E-state index is 12.9. The van der Waals surface area contributed by atoms with E-state index in [0.29, 0.717) is 11.5 Å². The lowest BCUT2D eigenvalue weighted by molar-refractivity contribution is -0.121. The second-order valence-electron chi connectivity index (χ2n) is 4.55. The Kier molecular flexibility index (Phi) is 4.60. The number of Topliss-reactive ketones (excluding diaryl/α,β-unsaturated/α-hetero) is 1. The minimum atomic E-state index is -0.236. The van der Waals surface area contributed by atoms with Crippen LogP contribution in [-0.2, 0) is 4.79 Å². The number of carbonyl (C=O) groups is 1. The molecule has 1 aromatic rings. The lowest BCUT2D eigenvalue weighted by Crippen LogP contribution is -2.19. The standard InChI is InChI=1S/C14H17FOS/c15-12-7-4-8-13(9-12)17-10-14(16)11-5-2-1-3-6-11/h4,7-9,11H,1-3,5-6,10H2. The van der Waals surface area contributed by atoms with E-state index in [2.05, 4.69) is 0 Å². The molecule has 1 aliphatic carbocycles. The van der Waals surface area contributed by atoms with Gasteiger partial charge < -0.3 is 0 Å². The van der Waals surface area contributed by atoms with Gasteiger partial charge in [0.1, 0.15) is 11.6 Å². The molecule has 2 rings (SSSR count). The highest BCUT2D eigenvalue weighted by atomic mass is 32.2. The highest BCUT2D eigenvalue weighted by Gasteiger charge is 2.20. The Balaban J connectivity index is 1.83. The van der Waals surface area contributed by atoms with Crippen LogP contribution in [0.4, 0.5) is 4.39 Å². The van der Waals surface area contributed by atoms with E-state index in [4.69, 9.17) is 0 Å². The number of thioether (sulfide) groups is 1. The number of hydrogen-bond donors (Lipinski definition) is 0. The van der Waals surface area contributed by atoms with Crippen LogP contribution in [0.5, 0.6) is 0 Å². The van der Waals surface area contributed by atoms with Crippen molar-refractivity contribution in [1.82, 2.24) is 0 Å². The van der Waals surface area contributed by atoms with Gasteiger partial charge in [-0.05, 0) is 31.0 Å². The van der Waals surface area contributed by atoms with Crippen LogP contribution >= 0.6 is 11.8 Å². The van der Waals surface area contributed by atoms with Crippen LogP contribution in [-0.4, -0.2) is 11.5 Å². The van der Waals surface area contributed by atoms with Gasteiger partial charge in [-0.15, -0.1) is 11.8 Å². The van der Waals surface area contributed by atoms with E-state index in [0.717, 1.165) is 17.7 Å². The van der Waals surface area contributed by atoms with Crippen molar-refractivity contribution < 1.29 is 9.18 Å². The van der Waals surface area contributed by atoms with Crippen molar-refractivity contribution >= 4 is 17.5 Å². The first-order valence-corrected chi connectivity index (χ1v) is 7.15. The van der Waals surface area contributed by atoms with Crippen molar-refractivity contribution in [2.75, 3.05) is 5.75 Å². The summed E-state index contributed by atoms with van der Waals surface area (Å²) in [5, 5.41) is 0. The van der Waals surface area contributed by atoms with E-state index in [1.807, 2.05) is 6.07 Å². The Morgan fingerprint density at radius 1 is 1.29 bits per heavy atom. The van der Waals surface area contributed by atoms with E-state index in [1.54, 1.807) is 6.07 Å². The summed E-state index contributed by atoms with van der Waals surface area (Å²) in [5.41, 5.74) is 0. The fraction of sp³-hybridized carbons (Fsp3) is 0.500. The third-order valence-electron chi connectivity index (χ3n) is 3.24. The molecule has 0 bridgehead atoms. The van der Waals surface area contributed by atoms with E-state index < -0.39 is 0 Å². The van der Waals surface area contributed by atoms with Gasteiger partial charge >= 0.3 is 0 Å². The SMILES string of the molecule is O=C(CSc1cccc(F)c1)C1CCCCC1. The largest absolute Gasteiger partial charge is 0.298 e. The minimum absolute atomic E-state index is 0.236. The monoisotopic (exact) mass is 252 g/mol. The number of rotatable bonds is 4. The third kappa shape index (κ3) is 3.84. The van der Waals surface area contributed by atoms with Crippen molar-refractivity contribution in [3.05, 3.63) is 30.1 Å². The number of benzene rings is 1. The van der Waals surface area contributed by atoms with Gasteiger partial charge in [0.25, 0.3) is 0 Å². The number of halogens is 1. The van der Waals surface area contributed by atoms with E-state index in [1.165, 1.54) is 43.2 Å². The van der Waals surface area contributed by atoms with Crippen molar-refractivity contribution in [3.63, 3.8) is 0 Å². The first-order chi connectivity index (χ1) is 8.25. The molecule has 0 saturated heterocycles. The maximum Gasteiger partial charge on any atom is 0.146 e. The average molecular weight is 252 g/mol. The molecule has 1 nitrogen and oxygen atoms in total. The summed E-state index contributed by atoms with van der Waals surface area (Å²) in [6, 6.07) is 6.44. The zero-order valence-electron chi connectivity index (χ0n) is 9.82. The Morgan fingerprint density at radius 3 is 2.76 bits per heavy atom. The van der Waals surface area contributed by atoms with E-state index in [-0.39, 0.29) is 11.7 Å². The van der Waals surface area contributed by atoms with Gasteiger partial charge in [-0.3, -0.25) is 4.79 Å². The number of carbonyl (C=O) groups excluding carboxylic acids is 1. The molecule has 92 valence electrons. The second kappa shape index (κ2) is 6.20. The Hall–Kier alpha value is -0.830. The minimum Gasteiger partial charge on any atom is -0.298 e. The molecule has 0 N–H and O–H groups in total. The number of hydrogen-bond acceptors (Lipinski definition) is 2. The van der Waals surface area contributed by atoms with Crippen LogP contribution in [0.25, 0.3) is 0 Å². The molecule has 1 fully saturated rings. The summed E-state index contributed by atoms with van der Waals surface area (Å²) in [6.07, 6.45) is 5.72.